The quantitative estimate of drug-likeness (QED) is 0.810. The first-order valence-corrected chi connectivity index (χ1v) is 6.83. The van der Waals surface area contributed by atoms with Gasteiger partial charge in [0.1, 0.15) is 17.6 Å². The minimum atomic E-state index is -1.10. The van der Waals surface area contributed by atoms with Gasteiger partial charge >= 0.3 is 5.97 Å². The Morgan fingerprint density at radius 3 is 2.67 bits per heavy atom. The van der Waals surface area contributed by atoms with E-state index in [2.05, 4.69) is 5.32 Å². The second-order valence-corrected chi connectivity index (χ2v) is 5.04. The second-order valence-electron chi connectivity index (χ2n) is 4.63. The van der Waals surface area contributed by atoms with Gasteiger partial charge in [-0.2, -0.15) is 0 Å². The SMILES string of the molecule is CC[C@H](C)[C@H](NC(=O)COc1ccc(F)cc1Cl)C(=O)O. The molecular formula is C14H17ClFNO4. The molecule has 0 radical (unpaired) electrons. The van der Waals surface area contributed by atoms with Crippen LogP contribution in [0.1, 0.15) is 20.3 Å². The van der Waals surface area contributed by atoms with Gasteiger partial charge in [-0.15, -0.1) is 0 Å². The Bertz CT molecular complexity index is 524. The highest BCUT2D eigenvalue weighted by atomic mass is 35.5. The Hall–Kier alpha value is -1.82. The van der Waals surface area contributed by atoms with E-state index in [1.165, 1.54) is 6.07 Å². The number of carboxylic acid groups (broad SMARTS) is 1. The number of halogens is 2. The fourth-order valence-electron chi connectivity index (χ4n) is 1.63. The molecule has 1 aromatic rings. The molecule has 2 N–H and O–H groups in total. The molecular weight excluding hydrogens is 301 g/mol. The topological polar surface area (TPSA) is 75.6 Å². The summed E-state index contributed by atoms with van der Waals surface area (Å²) >= 11 is 5.75. The third kappa shape index (κ3) is 5.23. The van der Waals surface area contributed by atoms with Crippen molar-refractivity contribution in [1.29, 1.82) is 0 Å². The van der Waals surface area contributed by atoms with Crippen LogP contribution in [0.2, 0.25) is 5.02 Å². The summed E-state index contributed by atoms with van der Waals surface area (Å²) in [5.74, 6) is -2.25. The van der Waals surface area contributed by atoms with Gasteiger partial charge in [-0.3, -0.25) is 4.79 Å². The maximum Gasteiger partial charge on any atom is 0.326 e. The van der Waals surface area contributed by atoms with Crippen molar-refractivity contribution in [2.45, 2.75) is 26.3 Å². The molecule has 0 aliphatic rings. The van der Waals surface area contributed by atoms with Crippen LogP contribution in [-0.4, -0.2) is 29.6 Å². The minimum absolute atomic E-state index is 0.0412. The first kappa shape index (κ1) is 17.2. The molecule has 5 nitrogen and oxygen atoms in total. The van der Waals surface area contributed by atoms with E-state index in [1.807, 2.05) is 6.92 Å². The van der Waals surface area contributed by atoms with Gasteiger partial charge in [0.15, 0.2) is 6.61 Å². The lowest BCUT2D eigenvalue weighted by atomic mass is 9.99. The molecule has 2 atom stereocenters. The Morgan fingerprint density at radius 1 is 1.48 bits per heavy atom. The predicted molar refractivity (Wildman–Crippen MR) is 75.9 cm³/mol. The third-order valence-corrected chi connectivity index (χ3v) is 3.34. The largest absolute Gasteiger partial charge is 0.482 e. The summed E-state index contributed by atoms with van der Waals surface area (Å²) in [5.41, 5.74) is 0. The number of carbonyl (C=O) groups excluding carboxylic acids is 1. The predicted octanol–water partition coefficient (Wildman–Crippen LogP) is 2.47. The van der Waals surface area contributed by atoms with E-state index in [0.717, 1.165) is 12.1 Å². The standard InChI is InChI=1S/C14H17ClFNO4/c1-3-8(2)13(14(19)20)17-12(18)7-21-11-5-4-9(16)6-10(11)15/h4-6,8,13H,3,7H2,1-2H3,(H,17,18)(H,19,20)/t8-,13-/m0/s1. The van der Waals surface area contributed by atoms with E-state index in [1.54, 1.807) is 6.92 Å². The number of carboxylic acids is 1. The van der Waals surface area contributed by atoms with Crippen molar-refractivity contribution in [1.82, 2.24) is 5.32 Å². The first-order valence-electron chi connectivity index (χ1n) is 6.45. The molecule has 0 bridgehead atoms. The fraction of sp³-hybridized carbons (Fsp3) is 0.429. The molecule has 1 rings (SSSR count). The van der Waals surface area contributed by atoms with Crippen LogP contribution < -0.4 is 10.1 Å². The van der Waals surface area contributed by atoms with Gasteiger partial charge in [0.05, 0.1) is 5.02 Å². The molecule has 21 heavy (non-hydrogen) atoms. The van der Waals surface area contributed by atoms with Crippen LogP contribution in [0.15, 0.2) is 18.2 Å². The molecule has 0 aliphatic carbocycles. The Kier molecular flexibility index (Phi) is 6.42. The van der Waals surface area contributed by atoms with E-state index in [9.17, 15) is 14.0 Å². The molecule has 7 heteroatoms. The molecule has 0 spiro atoms. The average molecular weight is 318 g/mol. The Labute approximate surface area is 127 Å². The van der Waals surface area contributed by atoms with E-state index >= 15 is 0 Å². The van der Waals surface area contributed by atoms with Crippen LogP contribution in [0.25, 0.3) is 0 Å². The maximum absolute atomic E-state index is 12.9. The average Bonchev–Trinajstić information content (AvgIpc) is 2.42. The molecule has 0 aromatic heterocycles. The minimum Gasteiger partial charge on any atom is -0.482 e. The summed E-state index contributed by atoms with van der Waals surface area (Å²) in [6.07, 6.45) is 0.613. The Balaban J connectivity index is 2.58. The van der Waals surface area contributed by atoms with Crippen LogP contribution in [-0.2, 0) is 9.59 Å². The maximum atomic E-state index is 12.9. The van der Waals surface area contributed by atoms with Crippen LogP contribution >= 0.6 is 11.6 Å². The third-order valence-electron chi connectivity index (χ3n) is 3.05. The van der Waals surface area contributed by atoms with Gasteiger partial charge in [0.25, 0.3) is 5.91 Å². The van der Waals surface area contributed by atoms with Crippen molar-refractivity contribution in [3.05, 3.63) is 29.0 Å². The van der Waals surface area contributed by atoms with Crippen molar-refractivity contribution in [3.63, 3.8) is 0 Å². The van der Waals surface area contributed by atoms with Gasteiger partial charge in [-0.1, -0.05) is 31.9 Å². The number of ether oxygens (including phenoxy) is 1. The molecule has 1 aromatic carbocycles. The van der Waals surface area contributed by atoms with Crippen molar-refractivity contribution >= 4 is 23.5 Å². The van der Waals surface area contributed by atoms with Crippen LogP contribution in [0.3, 0.4) is 0 Å². The fourth-order valence-corrected chi connectivity index (χ4v) is 1.86. The van der Waals surface area contributed by atoms with E-state index in [-0.39, 0.29) is 16.7 Å². The lowest BCUT2D eigenvalue weighted by Crippen LogP contribution is -2.46. The van der Waals surface area contributed by atoms with Crippen LogP contribution in [0.4, 0.5) is 4.39 Å². The number of benzene rings is 1. The molecule has 116 valence electrons. The number of hydrogen-bond donors (Lipinski definition) is 2. The van der Waals surface area contributed by atoms with Crippen LogP contribution in [0, 0.1) is 11.7 Å². The van der Waals surface area contributed by atoms with Crippen molar-refractivity contribution in [2.24, 2.45) is 5.92 Å². The lowest BCUT2D eigenvalue weighted by Gasteiger charge is -2.20. The number of rotatable bonds is 7. The smallest absolute Gasteiger partial charge is 0.326 e. The normalized spacial score (nSPS) is 13.3. The molecule has 0 fully saturated rings. The van der Waals surface area contributed by atoms with Gasteiger partial charge in [-0.05, 0) is 24.1 Å². The summed E-state index contributed by atoms with van der Waals surface area (Å²) in [7, 11) is 0. The van der Waals surface area contributed by atoms with Crippen LogP contribution in [0.5, 0.6) is 5.75 Å². The van der Waals surface area contributed by atoms with Crippen molar-refractivity contribution in [3.8, 4) is 5.75 Å². The highest BCUT2D eigenvalue weighted by Crippen LogP contribution is 2.24. The molecule has 0 aliphatic heterocycles. The zero-order valence-electron chi connectivity index (χ0n) is 11.7. The van der Waals surface area contributed by atoms with Gasteiger partial charge < -0.3 is 15.2 Å². The van der Waals surface area contributed by atoms with Gasteiger partial charge in [0.2, 0.25) is 0 Å². The van der Waals surface area contributed by atoms with E-state index in [0.29, 0.717) is 6.42 Å². The number of nitrogens with one attached hydrogen (secondary N) is 1. The summed E-state index contributed by atoms with van der Waals surface area (Å²) < 4.78 is 18.0. The van der Waals surface area contributed by atoms with E-state index in [4.69, 9.17) is 21.4 Å². The summed E-state index contributed by atoms with van der Waals surface area (Å²) in [4.78, 5) is 22.8. The number of carbonyl (C=O) groups is 2. The molecule has 1 amide bonds. The van der Waals surface area contributed by atoms with Crippen molar-refractivity contribution in [2.75, 3.05) is 6.61 Å². The van der Waals surface area contributed by atoms with Gasteiger partial charge in [-0.25, -0.2) is 9.18 Å². The Morgan fingerprint density at radius 2 is 2.14 bits per heavy atom. The zero-order chi connectivity index (χ0) is 16.0. The second kappa shape index (κ2) is 7.83. The highest BCUT2D eigenvalue weighted by molar-refractivity contribution is 6.32. The molecule has 0 unspecified atom stereocenters. The molecule has 0 heterocycles. The molecule has 0 saturated heterocycles. The number of aliphatic carboxylic acids is 1. The van der Waals surface area contributed by atoms with Gasteiger partial charge in [0, 0.05) is 0 Å². The van der Waals surface area contributed by atoms with E-state index < -0.39 is 30.3 Å². The monoisotopic (exact) mass is 317 g/mol. The summed E-state index contributed by atoms with van der Waals surface area (Å²) in [6.45, 7) is 3.17. The zero-order valence-corrected chi connectivity index (χ0v) is 12.5. The lowest BCUT2D eigenvalue weighted by molar-refractivity contribution is -0.143. The first-order chi connectivity index (χ1) is 9.85. The highest BCUT2D eigenvalue weighted by Gasteiger charge is 2.25. The number of amides is 1. The summed E-state index contributed by atoms with van der Waals surface area (Å²) in [6, 6.07) is 2.54. The number of hydrogen-bond acceptors (Lipinski definition) is 3. The van der Waals surface area contributed by atoms with Crippen molar-refractivity contribution < 1.29 is 23.8 Å². The molecule has 0 saturated carbocycles. The summed E-state index contributed by atoms with van der Waals surface area (Å²) in [5, 5.41) is 11.5.